The SMILES string of the molecule is CC(=O)CCNCc1cccnc1. The van der Waals surface area contributed by atoms with Crippen molar-refractivity contribution in [3.05, 3.63) is 30.1 Å². The van der Waals surface area contributed by atoms with Crippen LogP contribution in [0, 0.1) is 0 Å². The van der Waals surface area contributed by atoms with Crippen molar-refractivity contribution < 1.29 is 4.79 Å². The largest absolute Gasteiger partial charge is 0.312 e. The second-order valence-corrected chi connectivity index (χ2v) is 2.99. The van der Waals surface area contributed by atoms with Crippen LogP contribution >= 0.6 is 0 Å². The summed E-state index contributed by atoms with van der Waals surface area (Å²) in [7, 11) is 0. The molecule has 1 heterocycles. The zero-order valence-corrected chi connectivity index (χ0v) is 7.79. The molecule has 1 N–H and O–H groups in total. The summed E-state index contributed by atoms with van der Waals surface area (Å²) >= 11 is 0. The fraction of sp³-hybridized carbons (Fsp3) is 0.400. The van der Waals surface area contributed by atoms with Gasteiger partial charge in [-0.3, -0.25) is 9.78 Å². The van der Waals surface area contributed by atoms with Crippen LogP contribution in [-0.4, -0.2) is 17.3 Å². The number of ketones is 1. The Morgan fingerprint density at radius 3 is 3.08 bits per heavy atom. The summed E-state index contributed by atoms with van der Waals surface area (Å²) in [6.45, 7) is 3.12. The van der Waals surface area contributed by atoms with E-state index in [0.717, 1.165) is 18.7 Å². The lowest BCUT2D eigenvalue weighted by molar-refractivity contribution is -0.116. The molecule has 1 rings (SSSR count). The number of rotatable bonds is 5. The molecule has 13 heavy (non-hydrogen) atoms. The molecule has 0 aliphatic rings. The lowest BCUT2D eigenvalue weighted by Crippen LogP contribution is -2.16. The number of Topliss-reactive ketones (excluding diaryl/α,β-unsaturated/α-hetero) is 1. The van der Waals surface area contributed by atoms with Crippen LogP contribution in [0.4, 0.5) is 0 Å². The first-order chi connectivity index (χ1) is 6.29. The fourth-order valence-corrected chi connectivity index (χ4v) is 1.000. The number of pyridine rings is 1. The maximum Gasteiger partial charge on any atom is 0.131 e. The van der Waals surface area contributed by atoms with E-state index in [9.17, 15) is 4.79 Å². The minimum atomic E-state index is 0.221. The number of hydrogen-bond donors (Lipinski definition) is 1. The van der Waals surface area contributed by atoms with Gasteiger partial charge in [0.05, 0.1) is 0 Å². The van der Waals surface area contributed by atoms with Gasteiger partial charge in [0.25, 0.3) is 0 Å². The topological polar surface area (TPSA) is 42.0 Å². The molecule has 70 valence electrons. The molecule has 1 aromatic rings. The molecule has 3 nitrogen and oxygen atoms in total. The van der Waals surface area contributed by atoms with E-state index in [1.807, 2.05) is 18.3 Å². The van der Waals surface area contributed by atoms with Crippen molar-refractivity contribution in [3.8, 4) is 0 Å². The Labute approximate surface area is 78.2 Å². The highest BCUT2D eigenvalue weighted by molar-refractivity contribution is 5.75. The first-order valence-corrected chi connectivity index (χ1v) is 4.38. The lowest BCUT2D eigenvalue weighted by atomic mass is 10.2. The smallest absolute Gasteiger partial charge is 0.131 e. The molecule has 1 aromatic heterocycles. The Bertz CT molecular complexity index is 259. The molecule has 0 spiro atoms. The van der Waals surface area contributed by atoms with Crippen molar-refractivity contribution in [1.29, 1.82) is 0 Å². The van der Waals surface area contributed by atoms with Gasteiger partial charge in [-0.1, -0.05) is 6.07 Å². The third-order valence-electron chi connectivity index (χ3n) is 1.71. The molecule has 0 saturated carbocycles. The Kier molecular flexibility index (Phi) is 4.12. The van der Waals surface area contributed by atoms with Crippen molar-refractivity contribution in [1.82, 2.24) is 10.3 Å². The molecule has 0 amide bonds. The summed E-state index contributed by atoms with van der Waals surface area (Å²) in [4.78, 5) is 14.6. The molecule has 0 atom stereocenters. The maximum atomic E-state index is 10.6. The monoisotopic (exact) mass is 178 g/mol. The summed E-state index contributed by atoms with van der Waals surface area (Å²) in [5, 5.41) is 3.17. The van der Waals surface area contributed by atoms with E-state index >= 15 is 0 Å². The third-order valence-corrected chi connectivity index (χ3v) is 1.71. The predicted molar refractivity (Wildman–Crippen MR) is 51.2 cm³/mol. The van der Waals surface area contributed by atoms with Gasteiger partial charge in [-0.05, 0) is 18.6 Å². The Morgan fingerprint density at radius 1 is 1.62 bits per heavy atom. The number of carbonyl (C=O) groups is 1. The van der Waals surface area contributed by atoms with Crippen molar-refractivity contribution in [2.75, 3.05) is 6.54 Å². The zero-order valence-electron chi connectivity index (χ0n) is 7.79. The number of hydrogen-bond acceptors (Lipinski definition) is 3. The Morgan fingerprint density at radius 2 is 2.46 bits per heavy atom. The van der Waals surface area contributed by atoms with Crippen LogP contribution in [0.5, 0.6) is 0 Å². The number of nitrogens with one attached hydrogen (secondary N) is 1. The molecule has 0 aliphatic heterocycles. The lowest BCUT2D eigenvalue weighted by Gasteiger charge is -2.01. The van der Waals surface area contributed by atoms with Gasteiger partial charge >= 0.3 is 0 Å². The highest BCUT2D eigenvalue weighted by atomic mass is 16.1. The van der Waals surface area contributed by atoms with Crippen LogP contribution < -0.4 is 5.32 Å². The summed E-state index contributed by atoms with van der Waals surface area (Å²) in [6, 6.07) is 3.91. The average molecular weight is 178 g/mol. The summed E-state index contributed by atoms with van der Waals surface area (Å²) in [6.07, 6.45) is 4.17. The number of aromatic nitrogens is 1. The minimum Gasteiger partial charge on any atom is -0.312 e. The van der Waals surface area contributed by atoms with Crippen LogP contribution in [0.2, 0.25) is 0 Å². The zero-order chi connectivity index (χ0) is 9.52. The second kappa shape index (κ2) is 5.43. The molecule has 3 heteroatoms. The summed E-state index contributed by atoms with van der Waals surface area (Å²) in [5.74, 6) is 0.221. The molecule has 0 aromatic carbocycles. The van der Waals surface area contributed by atoms with E-state index in [4.69, 9.17) is 0 Å². The first-order valence-electron chi connectivity index (χ1n) is 4.38. The van der Waals surface area contributed by atoms with Gasteiger partial charge in [0.2, 0.25) is 0 Å². The minimum absolute atomic E-state index is 0.221. The van der Waals surface area contributed by atoms with E-state index in [0.29, 0.717) is 6.42 Å². The van der Waals surface area contributed by atoms with Gasteiger partial charge < -0.3 is 5.32 Å². The Balaban J connectivity index is 2.17. The third kappa shape index (κ3) is 4.38. The number of nitrogens with zero attached hydrogens (tertiary/aromatic N) is 1. The molecule has 0 unspecified atom stereocenters. The molecular formula is C10H14N2O. The molecule has 0 bridgehead atoms. The molecular weight excluding hydrogens is 164 g/mol. The number of carbonyl (C=O) groups excluding carboxylic acids is 1. The van der Waals surface area contributed by atoms with Gasteiger partial charge in [0.1, 0.15) is 5.78 Å². The van der Waals surface area contributed by atoms with Crippen molar-refractivity contribution in [2.24, 2.45) is 0 Å². The predicted octanol–water partition coefficient (Wildman–Crippen LogP) is 1.15. The van der Waals surface area contributed by atoms with E-state index in [1.54, 1.807) is 13.1 Å². The van der Waals surface area contributed by atoms with E-state index in [2.05, 4.69) is 10.3 Å². The fourth-order valence-electron chi connectivity index (χ4n) is 1.000. The second-order valence-electron chi connectivity index (χ2n) is 2.99. The highest BCUT2D eigenvalue weighted by Gasteiger charge is 1.93. The van der Waals surface area contributed by atoms with E-state index in [-0.39, 0.29) is 5.78 Å². The summed E-state index contributed by atoms with van der Waals surface area (Å²) < 4.78 is 0. The standard InChI is InChI=1S/C10H14N2O/c1-9(13)4-6-12-8-10-3-2-5-11-7-10/h2-3,5,7,12H,4,6,8H2,1H3. The van der Waals surface area contributed by atoms with Gasteiger partial charge in [0, 0.05) is 31.9 Å². The van der Waals surface area contributed by atoms with E-state index < -0.39 is 0 Å². The maximum absolute atomic E-state index is 10.6. The van der Waals surface area contributed by atoms with Crippen molar-refractivity contribution >= 4 is 5.78 Å². The van der Waals surface area contributed by atoms with Gasteiger partial charge in [-0.25, -0.2) is 0 Å². The average Bonchev–Trinajstić information content (AvgIpc) is 2.14. The molecule has 0 saturated heterocycles. The highest BCUT2D eigenvalue weighted by Crippen LogP contribution is 1.93. The van der Waals surface area contributed by atoms with Crippen LogP contribution in [0.25, 0.3) is 0 Å². The normalized spacial score (nSPS) is 9.92. The van der Waals surface area contributed by atoms with Gasteiger partial charge in [-0.2, -0.15) is 0 Å². The van der Waals surface area contributed by atoms with Crippen LogP contribution in [0.15, 0.2) is 24.5 Å². The van der Waals surface area contributed by atoms with E-state index in [1.165, 1.54) is 0 Å². The van der Waals surface area contributed by atoms with Crippen molar-refractivity contribution in [3.63, 3.8) is 0 Å². The Hall–Kier alpha value is -1.22. The van der Waals surface area contributed by atoms with Crippen LogP contribution in [0.3, 0.4) is 0 Å². The quantitative estimate of drug-likeness (QED) is 0.688. The van der Waals surface area contributed by atoms with Crippen molar-refractivity contribution in [2.45, 2.75) is 19.9 Å². The van der Waals surface area contributed by atoms with Gasteiger partial charge in [0.15, 0.2) is 0 Å². The van der Waals surface area contributed by atoms with Crippen LogP contribution in [-0.2, 0) is 11.3 Å². The molecule has 0 radical (unpaired) electrons. The molecule has 0 aliphatic carbocycles. The summed E-state index contributed by atoms with van der Waals surface area (Å²) in [5.41, 5.74) is 1.14. The first kappa shape index (κ1) is 9.86. The van der Waals surface area contributed by atoms with Gasteiger partial charge in [-0.15, -0.1) is 0 Å². The van der Waals surface area contributed by atoms with Crippen LogP contribution in [0.1, 0.15) is 18.9 Å². The molecule has 0 fully saturated rings.